The van der Waals surface area contributed by atoms with Gasteiger partial charge in [0.2, 0.25) is 5.91 Å². The number of ether oxygens (including phenoxy) is 1. The molecule has 0 bridgehead atoms. The third kappa shape index (κ3) is 5.90. The molecule has 0 aromatic heterocycles. The molecule has 0 spiro atoms. The van der Waals surface area contributed by atoms with Gasteiger partial charge in [0.1, 0.15) is 0 Å². The van der Waals surface area contributed by atoms with Crippen LogP contribution < -0.4 is 5.32 Å². The molecule has 2 unspecified atom stereocenters. The van der Waals surface area contributed by atoms with E-state index in [2.05, 4.69) is 5.32 Å². The normalized spacial score (nSPS) is 14.1. The van der Waals surface area contributed by atoms with Crippen LogP contribution in [0.3, 0.4) is 0 Å². The third-order valence-corrected chi connectivity index (χ3v) is 3.11. The molecule has 4 nitrogen and oxygen atoms in total. The van der Waals surface area contributed by atoms with Crippen LogP contribution >= 0.6 is 11.6 Å². The Morgan fingerprint density at radius 2 is 1.90 bits per heavy atom. The molecule has 112 valence electrons. The van der Waals surface area contributed by atoms with Gasteiger partial charge < -0.3 is 15.2 Å². The second-order valence-electron chi connectivity index (χ2n) is 5.02. The average molecular weight is 300 g/mol. The summed E-state index contributed by atoms with van der Waals surface area (Å²) < 4.78 is 5.31. The molecular weight excluding hydrogens is 278 g/mol. The van der Waals surface area contributed by atoms with E-state index in [1.807, 2.05) is 13.8 Å². The van der Waals surface area contributed by atoms with Crippen LogP contribution in [0.5, 0.6) is 0 Å². The summed E-state index contributed by atoms with van der Waals surface area (Å²) in [6, 6.07) is 6.55. The summed E-state index contributed by atoms with van der Waals surface area (Å²) in [6.45, 7) is 5.99. The van der Waals surface area contributed by atoms with Gasteiger partial charge in [-0.3, -0.25) is 4.79 Å². The van der Waals surface area contributed by atoms with Crippen LogP contribution in [0, 0.1) is 0 Å². The van der Waals surface area contributed by atoms with Crippen LogP contribution in [0.15, 0.2) is 24.3 Å². The van der Waals surface area contributed by atoms with Gasteiger partial charge in [-0.1, -0.05) is 23.7 Å². The highest BCUT2D eigenvalue weighted by atomic mass is 35.5. The molecule has 0 aliphatic heterocycles. The fraction of sp³-hybridized carbons (Fsp3) is 0.533. The van der Waals surface area contributed by atoms with E-state index in [0.717, 1.165) is 5.56 Å². The van der Waals surface area contributed by atoms with Gasteiger partial charge in [-0.25, -0.2) is 0 Å². The van der Waals surface area contributed by atoms with E-state index in [4.69, 9.17) is 16.3 Å². The molecular formula is C15H22ClNO3. The Kier molecular flexibility index (Phi) is 6.99. The summed E-state index contributed by atoms with van der Waals surface area (Å²) in [5.74, 6) is -0.133. The number of amides is 1. The molecule has 5 heteroatoms. The lowest BCUT2D eigenvalue weighted by Crippen LogP contribution is -2.37. The van der Waals surface area contributed by atoms with E-state index in [9.17, 15) is 9.90 Å². The average Bonchev–Trinajstić information content (AvgIpc) is 2.38. The Balaban J connectivity index is 2.43. The van der Waals surface area contributed by atoms with Crippen molar-refractivity contribution in [1.29, 1.82) is 0 Å². The van der Waals surface area contributed by atoms with Gasteiger partial charge >= 0.3 is 0 Å². The molecule has 1 rings (SSSR count). The van der Waals surface area contributed by atoms with Crippen LogP contribution in [0.2, 0.25) is 5.02 Å². The minimum atomic E-state index is -0.762. The monoisotopic (exact) mass is 299 g/mol. The van der Waals surface area contributed by atoms with E-state index < -0.39 is 6.10 Å². The number of aliphatic hydroxyl groups is 1. The molecule has 0 radical (unpaired) electrons. The zero-order valence-electron chi connectivity index (χ0n) is 12.1. The van der Waals surface area contributed by atoms with Gasteiger partial charge in [0.25, 0.3) is 0 Å². The van der Waals surface area contributed by atoms with Crippen molar-refractivity contribution in [2.45, 2.75) is 45.4 Å². The molecule has 0 heterocycles. The first-order valence-electron chi connectivity index (χ1n) is 6.74. The molecule has 2 N–H and O–H groups in total. The van der Waals surface area contributed by atoms with E-state index in [-0.39, 0.29) is 24.5 Å². The highest BCUT2D eigenvalue weighted by molar-refractivity contribution is 6.30. The van der Waals surface area contributed by atoms with Crippen LogP contribution in [0.25, 0.3) is 0 Å². The molecule has 1 aromatic carbocycles. The van der Waals surface area contributed by atoms with Gasteiger partial charge in [0.15, 0.2) is 0 Å². The first-order chi connectivity index (χ1) is 9.40. The maximum atomic E-state index is 11.7. The van der Waals surface area contributed by atoms with Crippen molar-refractivity contribution in [2.24, 2.45) is 0 Å². The molecule has 0 aliphatic rings. The van der Waals surface area contributed by atoms with Crippen molar-refractivity contribution in [3.8, 4) is 0 Å². The van der Waals surface area contributed by atoms with E-state index in [1.54, 1.807) is 31.2 Å². The van der Waals surface area contributed by atoms with E-state index in [1.165, 1.54) is 0 Å². The lowest BCUT2D eigenvalue weighted by Gasteiger charge is -2.21. The van der Waals surface area contributed by atoms with Gasteiger partial charge in [0.05, 0.1) is 24.9 Å². The van der Waals surface area contributed by atoms with Crippen LogP contribution in [0.1, 0.15) is 38.9 Å². The van der Waals surface area contributed by atoms with Crippen molar-refractivity contribution in [2.75, 3.05) is 6.61 Å². The topological polar surface area (TPSA) is 58.6 Å². The van der Waals surface area contributed by atoms with Crippen molar-refractivity contribution >= 4 is 17.5 Å². The Labute approximate surface area is 125 Å². The summed E-state index contributed by atoms with van der Waals surface area (Å²) in [7, 11) is 0. The van der Waals surface area contributed by atoms with Crippen molar-refractivity contribution in [3.63, 3.8) is 0 Å². The standard InChI is InChI=1S/C15H22ClNO3/c1-10(2)20-9-8-14(18)17-11(3)15(19)12-4-6-13(16)7-5-12/h4-7,10-11,15,19H,8-9H2,1-3H3,(H,17,18). The van der Waals surface area contributed by atoms with Gasteiger partial charge in [-0.15, -0.1) is 0 Å². The highest BCUT2D eigenvalue weighted by Gasteiger charge is 2.18. The van der Waals surface area contributed by atoms with Crippen molar-refractivity contribution in [3.05, 3.63) is 34.9 Å². The summed E-state index contributed by atoms with van der Waals surface area (Å²) in [5.41, 5.74) is 0.723. The summed E-state index contributed by atoms with van der Waals surface area (Å²) >= 11 is 5.80. The third-order valence-electron chi connectivity index (χ3n) is 2.85. The van der Waals surface area contributed by atoms with Gasteiger partial charge in [-0.05, 0) is 38.5 Å². The molecule has 0 aliphatic carbocycles. The quantitative estimate of drug-likeness (QED) is 0.814. The van der Waals surface area contributed by atoms with Crippen molar-refractivity contribution in [1.82, 2.24) is 5.32 Å². The largest absolute Gasteiger partial charge is 0.386 e. The first kappa shape index (κ1) is 17.0. The Morgan fingerprint density at radius 3 is 2.45 bits per heavy atom. The molecule has 1 aromatic rings. The molecule has 0 saturated heterocycles. The molecule has 0 saturated carbocycles. The number of carbonyl (C=O) groups is 1. The lowest BCUT2D eigenvalue weighted by atomic mass is 10.0. The predicted molar refractivity (Wildman–Crippen MR) is 79.7 cm³/mol. The van der Waals surface area contributed by atoms with E-state index >= 15 is 0 Å². The van der Waals surface area contributed by atoms with E-state index in [0.29, 0.717) is 11.6 Å². The summed E-state index contributed by atoms with van der Waals surface area (Å²) in [5, 5.41) is 13.5. The number of halogens is 1. The van der Waals surface area contributed by atoms with Crippen LogP contribution in [0.4, 0.5) is 0 Å². The molecule has 0 fully saturated rings. The summed E-state index contributed by atoms with van der Waals surface area (Å²) in [6.07, 6.45) is -0.363. The fourth-order valence-electron chi connectivity index (χ4n) is 1.74. The number of aliphatic hydroxyl groups excluding tert-OH is 1. The minimum absolute atomic E-state index is 0.111. The lowest BCUT2D eigenvalue weighted by molar-refractivity contribution is -0.123. The smallest absolute Gasteiger partial charge is 0.222 e. The minimum Gasteiger partial charge on any atom is -0.386 e. The number of benzene rings is 1. The number of rotatable bonds is 7. The second kappa shape index (κ2) is 8.25. The Hall–Kier alpha value is -1.10. The summed E-state index contributed by atoms with van der Waals surface area (Å²) in [4.78, 5) is 11.7. The molecule has 2 atom stereocenters. The number of hydrogen-bond acceptors (Lipinski definition) is 3. The zero-order chi connectivity index (χ0) is 15.1. The Bertz CT molecular complexity index is 420. The Morgan fingerprint density at radius 1 is 1.30 bits per heavy atom. The van der Waals surface area contributed by atoms with Crippen LogP contribution in [-0.2, 0) is 9.53 Å². The molecule has 1 amide bonds. The highest BCUT2D eigenvalue weighted by Crippen LogP contribution is 2.19. The van der Waals surface area contributed by atoms with Crippen LogP contribution in [-0.4, -0.2) is 29.8 Å². The first-order valence-corrected chi connectivity index (χ1v) is 7.12. The maximum Gasteiger partial charge on any atom is 0.222 e. The number of carbonyl (C=O) groups excluding carboxylic acids is 1. The SMILES string of the molecule is CC(C)OCCC(=O)NC(C)C(O)c1ccc(Cl)cc1. The maximum absolute atomic E-state index is 11.7. The van der Waals surface area contributed by atoms with Crippen molar-refractivity contribution < 1.29 is 14.6 Å². The molecule has 20 heavy (non-hydrogen) atoms. The zero-order valence-corrected chi connectivity index (χ0v) is 12.9. The second-order valence-corrected chi connectivity index (χ2v) is 5.46. The number of nitrogens with one attached hydrogen (secondary N) is 1. The van der Waals surface area contributed by atoms with Gasteiger partial charge in [0, 0.05) is 11.4 Å². The fourth-order valence-corrected chi connectivity index (χ4v) is 1.87. The van der Waals surface area contributed by atoms with Gasteiger partial charge in [-0.2, -0.15) is 0 Å². The number of hydrogen-bond donors (Lipinski definition) is 2. The predicted octanol–water partition coefficient (Wildman–Crippen LogP) is 2.69.